The van der Waals surface area contributed by atoms with Crippen molar-refractivity contribution < 1.29 is 9.18 Å². The lowest BCUT2D eigenvalue weighted by Crippen LogP contribution is -2.12. The number of fused-ring (bicyclic) bond motifs is 1. The number of aromatic amines is 1. The molecule has 2 aromatic carbocycles. The minimum atomic E-state index is -0.410. The SMILES string of the molecule is O=C(Nc1cc(F)ccc1Br)c1ccc2cn[nH]c2c1. The van der Waals surface area contributed by atoms with Crippen LogP contribution in [0.25, 0.3) is 10.9 Å². The third-order valence-electron chi connectivity index (χ3n) is 2.88. The van der Waals surface area contributed by atoms with E-state index in [-0.39, 0.29) is 5.91 Å². The second kappa shape index (κ2) is 5.05. The maximum atomic E-state index is 13.2. The van der Waals surface area contributed by atoms with Gasteiger partial charge in [0.1, 0.15) is 5.82 Å². The normalized spacial score (nSPS) is 10.7. The van der Waals surface area contributed by atoms with E-state index in [0.717, 1.165) is 10.9 Å². The molecule has 4 nitrogen and oxygen atoms in total. The first-order valence-corrected chi connectivity index (χ1v) is 6.62. The van der Waals surface area contributed by atoms with Crippen LogP contribution < -0.4 is 5.32 Å². The summed E-state index contributed by atoms with van der Waals surface area (Å²) >= 11 is 3.27. The van der Waals surface area contributed by atoms with Crippen molar-refractivity contribution in [3.63, 3.8) is 0 Å². The van der Waals surface area contributed by atoms with Crippen molar-refractivity contribution >= 4 is 38.4 Å². The zero-order valence-corrected chi connectivity index (χ0v) is 11.7. The molecule has 100 valence electrons. The number of nitrogens with one attached hydrogen (secondary N) is 2. The number of anilines is 1. The minimum Gasteiger partial charge on any atom is -0.321 e. The fourth-order valence-electron chi connectivity index (χ4n) is 1.87. The lowest BCUT2D eigenvalue weighted by atomic mass is 10.1. The van der Waals surface area contributed by atoms with Crippen molar-refractivity contribution in [1.29, 1.82) is 0 Å². The molecular weight excluding hydrogens is 325 g/mol. The predicted molar refractivity (Wildman–Crippen MR) is 78.1 cm³/mol. The third-order valence-corrected chi connectivity index (χ3v) is 3.57. The molecule has 0 spiro atoms. The van der Waals surface area contributed by atoms with Crippen LogP contribution in [0.2, 0.25) is 0 Å². The summed E-state index contributed by atoms with van der Waals surface area (Å²) in [5.74, 6) is -0.722. The van der Waals surface area contributed by atoms with Crippen LogP contribution in [-0.2, 0) is 0 Å². The Bertz CT molecular complexity index is 800. The van der Waals surface area contributed by atoms with Crippen molar-refractivity contribution in [3.05, 3.63) is 58.4 Å². The average Bonchev–Trinajstić information content (AvgIpc) is 2.90. The van der Waals surface area contributed by atoms with Crippen LogP contribution in [0.15, 0.2) is 47.1 Å². The van der Waals surface area contributed by atoms with E-state index in [0.29, 0.717) is 15.7 Å². The molecule has 3 rings (SSSR count). The summed E-state index contributed by atoms with van der Waals surface area (Å²) in [6.45, 7) is 0. The van der Waals surface area contributed by atoms with Crippen molar-refractivity contribution in [2.24, 2.45) is 0 Å². The van der Waals surface area contributed by atoms with E-state index in [1.807, 2.05) is 0 Å². The lowest BCUT2D eigenvalue weighted by Gasteiger charge is -2.07. The highest BCUT2D eigenvalue weighted by molar-refractivity contribution is 9.10. The first kappa shape index (κ1) is 12.8. The number of H-pyrrole nitrogens is 1. The molecule has 0 unspecified atom stereocenters. The molecule has 20 heavy (non-hydrogen) atoms. The molecule has 0 bridgehead atoms. The number of carbonyl (C=O) groups is 1. The average molecular weight is 334 g/mol. The number of amides is 1. The summed E-state index contributed by atoms with van der Waals surface area (Å²) in [5.41, 5.74) is 1.63. The van der Waals surface area contributed by atoms with Gasteiger partial charge in [-0.15, -0.1) is 0 Å². The summed E-state index contributed by atoms with van der Waals surface area (Å²) < 4.78 is 13.8. The number of halogens is 2. The summed E-state index contributed by atoms with van der Waals surface area (Å²) in [6.07, 6.45) is 1.68. The first-order valence-electron chi connectivity index (χ1n) is 5.83. The molecule has 1 heterocycles. The molecule has 0 saturated carbocycles. The zero-order valence-electron chi connectivity index (χ0n) is 10.2. The number of rotatable bonds is 2. The number of nitrogens with zero attached hydrogens (tertiary/aromatic N) is 1. The lowest BCUT2D eigenvalue weighted by molar-refractivity contribution is 0.102. The maximum Gasteiger partial charge on any atom is 0.255 e. The maximum absolute atomic E-state index is 13.2. The molecule has 0 aliphatic heterocycles. The summed E-state index contributed by atoms with van der Waals surface area (Å²) in [6, 6.07) is 9.32. The highest BCUT2D eigenvalue weighted by Crippen LogP contribution is 2.24. The van der Waals surface area contributed by atoms with Gasteiger partial charge < -0.3 is 5.32 Å². The minimum absolute atomic E-state index is 0.312. The van der Waals surface area contributed by atoms with Gasteiger partial charge in [0.05, 0.1) is 17.4 Å². The van der Waals surface area contributed by atoms with Crippen molar-refractivity contribution in [2.45, 2.75) is 0 Å². The fraction of sp³-hybridized carbons (Fsp3) is 0. The van der Waals surface area contributed by atoms with Gasteiger partial charge in [-0.25, -0.2) is 4.39 Å². The van der Waals surface area contributed by atoms with Crippen LogP contribution in [0.1, 0.15) is 10.4 Å². The van der Waals surface area contributed by atoms with Gasteiger partial charge in [-0.1, -0.05) is 6.07 Å². The molecular formula is C14H9BrFN3O. The topological polar surface area (TPSA) is 57.8 Å². The van der Waals surface area contributed by atoms with Crippen molar-refractivity contribution in [2.75, 3.05) is 5.32 Å². The second-order valence-electron chi connectivity index (χ2n) is 4.25. The van der Waals surface area contributed by atoms with Gasteiger partial charge in [0.2, 0.25) is 0 Å². The number of hydrogen-bond acceptors (Lipinski definition) is 2. The highest BCUT2D eigenvalue weighted by atomic mass is 79.9. The number of hydrogen-bond donors (Lipinski definition) is 2. The molecule has 0 saturated heterocycles. The molecule has 0 atom stereocenters. The Hall–Kier alpha value is -2.21. The molecule has 0 fully saturated rings. The third kappa shape index (κ3) is 2.42. The molecule has 1 amide bonds. The predicted octanol–water partition coefficient (Wildman–Crippen LogP) is 3.72. The Labute approximate surface area is 122 Å². The summed E-state index contributed by atoms with van der Waals surface area (Å²) in [4.78, 5) is 12.2. The van der Waals surface area contributed by atoms with Crippen LogP contribution in [0.5, 0.6) is 0 Å². The smallest absolute Gasteiger partial charge is 0.255 e. The van der Waals surface area contributed by atoms with Gasteiger partial charge in [-0.05, 0) is 46.3 Å². The van der Waals surface area contributed by atoms with E-state index in [4.69, 9.17) is 0 Å². The van der Waals surface area contributed by atoms with Crippen LogP contribution in [0.3, 0.4) is 0 Å². The molecule has 0 radical (unpaired) electrons. The van der Waals surface area contributed by atoms with E-state index in [1.54, 1.807) is 30.5 Å². The molecule has 6 heteroatoms. The zero-order chi connectivity index (χ0) is 14.1. The highest BCUT2D eigenvalue weighted by Gasteiger charge is 2.10. The fourth-order valence-corrected chi connectivity index (χ4v) is 2.21. The Morgan fingerprint density at radius 3 is 2.95 bits per heavy atom. The van der Waals surface area contributed by atoms with Gasteiger partial charge in [0, 0.05) is 15.4 Å². The van der Waals surface area contributed by atoms with Crippen LogP contribution in [0.4, 0.5) is 10.1 Å². The van der Waals surface area contributed by atoms with Crippen LogP contribution in [0, 0.1) is 5.82 Å². The Balaban J connectivity index is 1.90. The summed E-state index contributed by atoms with van der Waals surface area (Å²) in [5, 5.41) is 10.3. The quantitative estimate of drug-likeness (QED) is 0.750. The van der Waals surface area contributed by atoms with Gasteiger partial charge >= 0.3 is 0 Å². The Kier molecular flexibility index (Phi) is 3.23. The van der Waals surface area contributed by atoms with E-state index in [2.05, 4.69) is 31.4 Å². The van der Waals surface area contributed by atoms with Gasteiger partial charge in [0.25, 0.3) is 5.91 Å². The van der Waals surface area contributed by atoms with Crippen LogP contribution >= 0.6 is 15.9 Å². The molecule has 1 aromatic heterocycles. The van der Waals surface area contributed by atoms with Gasteiger partial charge in [-0.3, -0.25) is 9.89 Å². The van der Waals surface area contributed by atoms with E-state index in [9.17, 15) is 9.18 Å². The standard InChI is InChI=1S/C14H9BrFN3O/c15-11-4-3-10(16)6-13(11)18-14(20)8-1-2-9-7-17-19-12(9)5-8/h1-7H,(H,17,19)(H,18,20). The number of carbonyl (C=O) groups excluding carboxylic acids is 1. The van der Waals surface area contributed by atoms with Crippen molar-refractivity contribution in [1.82, 2.24) is 10.2 Å². The summed E-state index contributed by atoms with van der Waals surface area (Å²) in [7, 11) is 0. The molecule has 0 aliphatic rings. The van der Waals surface area contributed by atoms with E-state index < -0.39 is 5.82 Å². The number of benzene rings is 2. The largest absolute Gasteiger partial charge is 0.321 e. The Morgan fingerprint density at radius 1 is 1.25 bits per heavy atom. The Morgan fingerprint density at radius 2 is 2.10 bits per heavy atom. The monoisotopic (exact) mass is 333 g/mol. The van der Waals surface area contributed by atoms with Crippen LogP contribution in [-0.4, -0.2) is 16.1 Å². The van der Waals surface area contributed by atoms with Gasteiger partial charge in [-0.2, -0.15) is 5.10 Å². The molecule has 2 N–H and O–H groups in total. The molecule has 3 aromatic rings. The van der Waals surface area contributed by atoms with E-state index in [1.165, 1.54) is 12.1 Å². The number of aromatic nitrogens is 2. The first-order chi connectivity index (χ1) is 9.63. The molecule has 0 aliphatic carbocycles. The van der Waals surface area contributed by atoms with E-state index >= 15 is 0 Å². The van der Waals surface area contributed by atoms with Gasteiger partial charge in [0.15, 0.2) is 0 Å². The van der Waals surface area contributed by atoms with Crippen molar-refractivity contribution in [3.8, 4) is 0 Å². The second-order valence-corrected chi connectivity index (χ2v) is 5.10.